The minimum atomic E-state index is -4.75. The average molecular weight is 463 g/mol. The third-order valence-electron chi connectivity index (χ3n) is 6.01. The standard InChI is InChI=1S/C21H22F5NO3S/c1-9-15(11-6-7-12(22)16(23)17(11)29-4)18(30-20(9,3)21(24,25)26)13-8-14(28)19(31-5)10(2)27-13/h6-9,15,18H,1-5H3,(H,27,28)/t9-,15-,18-,20+/m0/s1. The minimum Gasteiger partial charge on any atom is -0.493 e. The van der Waals surface area contributed by atoms with Crippen molar-refractivity contribution >= 4 is 11.8 Å². The fourth-order valence-electron chi connectivity index (χ4n) is 4.19. The Morgan fingerprint density at radius 2 is 1.90 bits per heavy atom. The quantitative estimate of drug-likeness (QED) is 0.480. The summed E-state index contributed by atoms with van der Waals surface area (Å²) in [5.74, 6) is -5.26. The van der Waals surface area contributed by atoms with Crippen LogP contribution in [0.4, 0.5) is 22.0 Å². The topological polar surface area (TPSA) is 51.3 Å². The number of halogens is 5. The van der Waals surface area contributed by atoms with Crippen molar-refractivity contribution in [1.29, 1.82) is 0 Å². The van der Waals surface area contributed by atoms with E-state index in [1.807, 2.05) is 0 Å². The molecule has 1 aromatic heterocycles. The Labute approximate surface area is 180 Å². The summed E-state index contributed by atoms with van der Waals surface area (Å²) in [6, 6.07) is 3.22. The van der Waals surface area contributed by atoms with Gasteiger partial charge in [0.2, 0.25) is 5.82 Å². The lowest BCUT2D eigenvalue weighted by Gasteiger charge is -2.32. The lowest BCUT2D eigenvalue weighted by atomic mass is 9.76. The van der Waals surface area contributed by atoms with E-state index in [0.717, 1.165) is 20.1 Å². The lowest BCUT2D eigenvalue weighted by molar-refractivity contribution is -0.275. The van der Waals surface area contributed by atoms with E-state index in [1.54, 1.807) is 13.2 Å². The van der Waals surface area contributed by atoms with Crippen LogP contribution in [0.3, 0.4) is 0 Å². The van der Waals surface area contributed by atoms with E-state index >= 15 is 0 Å². The fourth-order valence-corrected chi connectivity index (χ4v) is 4.81. The number of methoxy groups -OCH3 is 1. The average Bonchev–Trinajstić information content (AvgIpc) is 2.96. The largest absolute Gasteiger partial charge is 0.493 e. The van der Waals surface area contributed by atoms with Gasteiger partial charge in [-0.15, -0.1) is 11.8 Å². The van der Waals surface area contributed by atoms with Gasteiger partial charge < -0.3 is 14.5 Å². The Morgan fingerprint density at radius 3 is 2.42 bits per heavy atom. The number of alkyl halides is 3. The van der Waals surface area contributed by atoms with Crippen LogP contribution in [0.15, 0.2) is 27.9 Å². The van der Waals surface area contributed by atoms with Crippen LogP contribution in [0.5, 0.6) is 5.75 Å². The fraction of sp³-hybridized carbons (Fsp3) is 0.476. The summed E-state index contributed by atoms with van der Waals surface area (Å²) in [7, 11) is 1.11. The number of hydrogen-bond donors (Lipinski definition) is 1. The van der Waals surface area contributed by atoms with E-state index in [1.165, 1.54) is 30.8 Å². The molecule has 0 amide bonds. The van der Waals surface area contributed by atoms with E-state index in [-0.39, 0.29) is 16.7 Å². The van der Waals surface area contributed by atoms with Crippen LogP contribution in [0.25, 0.3) is 0 Å². The van der Waals surface area contributed by atoms with E-state index in [2.05, 4.69) is 4.98 Å². The maximum Gasteiger partial charge on any atom is 0.417 e. The summed E-state index contributed by atoms with van der Waals surface area (Å²) in [6.07, 6.45) is -4.32. The smallest absolute Gasteiger partial charge is 0.417 e. The zero-order chi connectivity index (χ0) is 23.3. The summed E-state index contributed by atoms with van der Waals surface area (Å²) in [5.41, 5.74) is -2.34. The molecule has 1 saturated heterocycles. The number of H-pyrrole nitrogens is 1. The van der Waals surface area contributed by atoms with E-state index in [4.69, 9.17) is 9.47 Å². The molecular formula is C21H22F5NO3S. The van der Waals surface area contributed by atoms with Gasteiger partial charge in [0, 0.05) is 34.9 Å². The number of benzene rings is 1. The molecule has 31 heavy (non-hydrogen) atoms. The molecule has 0 unspecified atom stereocenters. The molecule has 0 saturated carbocycles. The monoisotopic (exact) mass is 463 g/mol. The second kappa shape index (κ2) is 8.12. The highest BCUT2D eigenvalue weighted by Gasteiger charge is 2.65. The van der Waals surface area contributed by atoms with Gasteiger partial charge in [0.1, 0.15) is 6.10 Å². The molecule has 1 aliphatic heterocycles. The van der Waals surface area contributed by atoms with Crippen molar-refractivity contribution in [2.45, 2.75) is 49.5 Å². The van der Waals surface area contributed by atoms with Crippen molar-refractivity contribution < 1.29 is 31.4 Å². The lowest BCUT2D eigenvalue weighted by Crippen LogP contribution is -2.46. The summed E-state index contributed by atoms with van der Waals surface area (Å²) >= 11 is 1.21. The normalized spacial score (nSPS) is 26.3. The predicted octanol–water partition coefficient (Wildman–Crippen LogP) is 5.50. The van der Waals surface area contributed by atoms with Crippen LogP contribution in [0.1, 0.15) is 42.8 Å². The molecule has 2 aromatic rings. The van der Waals surface area contributed by atoms with Crippen molar-refractivity contribution in [2.24, 2.45) is 5.92 Å². The Balaban J connectivity index is 2.26. The Hall–Kier alpha value is -2.07. The Morgan fingerprint density at radius 1 is 1.26 bits per heavy atom. The second-order valence-electron chi connectivity index (χ2n) is 7.69. The second-order valence-corrected chi connectivity index (χ2v) is 8.51. The molecule has 1 N–H and O–H groups in total. The Kier molecular flexibility index (Phi) is 6.18. The number of rotatable bonds is 4. The molecule has 4 atom stereocenters. The number of ether oxygens (including phenoxy) is 2. The van der Waals surface area contributed by atoms with Gasteiger partial charge in [-0.25, -0.2) is 4.39 Å². The summed E-state index contributed by atoms with van der Waals surface area (Å²) in [6.45, 7) is 3.88. The molecule has 10 heteroatoms. The first kappa shape index (κ1) is 23.6. The van der Waals surface area contributed by atoms with Gasteiger partial charge in [0.25, 0.3) is 0 Å². The van der Waals surface area contributed by atoms with Crippen molar-refractivity contribution in [2.75, 3.05) is 13.4 Å². The SMILES string of the molecule is COc1c([C@H]2[C@H](c3cc(=O)c(SC)c(C)[nH]3)O[C@@](C)(C(F)(F)F)[C@H]2C)ccc(F)c1F. The number of nitrogens with one attached hydrogen (secondary N) is 1. The number of aromatic amines is 1. The first-order chi connectivity index (χ1) is 14.4. The van der Waals surface area contributed by atoms with Crippen molar-refractivity contribution in [3.05, 3.63) is 57.0 Å². The first-order valence-electron chi connectivity index (χ1n) is 9.41. The first-order valence-corrected chi connectivity index (χ1v) is 10.6. The van der Waals surface area contributed by atoms with Crippen LogP contribution >= 0.6 is 11.8 Å². The van der Waals surface area contributed by atoms with Crippen LogP contribution in [0, 0.1) is 24.5 Å². The maximum absolute atomic E-state index is 14.4. The van der Waals surface area contributed by atoms with Gasteiger partial charge in [-0.2, -0.15) is 17.6 Å². The summed E-state index contributed by atoms with van der Waals surface area (Å²) in [5, 5.41) is 0. The molecule has 0 bridgehead atoms. The van der Waals surface area contributed by atoms with Crippen molar-refractivity contribution in [1.82, 2.24) is 4.98 Å². The summed E-state index contributed by atoms with van der Waals surface area (Å²) < 4.78 is 80.8. The van der Waals surface area contributed by atoms with Crippen LogP contribution in [-0.4, -0.2) is 30.1 Å². The van der Waals surface area contributed by atoms with Crippen LogP contribution in [-0.2, 0) is 4.74 Å². The third-order valence-corrected chi connectivity index (χ3v) is 6.92. The molecular weight excluding hydrogens is 441 g/mol. The summed E-state index contributed by atoms with van der Waals surface area (Å²) in [4.78, 5) is 15.9. The van der Waals surface area contributed by atoms with Gasteiger partial charge in [-0.3, -0.25) is 4.79 Å². The van der Waals surface area contributed by atoms with Crippen LogP contribution in [0.2, 0.25) is 0 Å². The van der Waals surface area contributed by atoms with Crippen LogP contribution < -0.4 is 10.2 Å². The predicted molar refractivity (Wildman–Crippen MR) is 107 cm³/mol. The molecule has 1 aliphatic rings. The highest BCUT2D eigenvalue weighted by atomic mass is 32.2. The van der Waals surface area contributed by atoms with Gasteiger partial charge in [0.05, 0.1) is 12.0 Å². The number of pyridine rings is 1. The zero-order valence-electron chi connectivity index (χ0n) is 17.5. The Bertz CT molecular complexity index is 1050. The molecule has 3 rings (SSSR count). The van der Waals surface area contributed by atoms with Gasteiger partial charge in [-0.05, 0) is 26.2 Å². The minimum absolute atomic E-state index is 0.0271. The van der Waals surface area contributed by atoms with Gasteiger partial charge in [-0.1, -0.05) is 13.0 Å². The van der Waals surface area contributed by atoms with E-state index in [9.17, 15) is 26.7 Å². The molecule has 2 heterocycles. The third kappa shape index (κ3) is 3.73. The number of hydrogen-bond acceptors (Lipinski definition) is 4. The van der Waals surface area contributed by atoms with Gasteiger partial charge in [0.15, 0.2) is 22.6 Å². The zero-order valence-corrected chi connectivity index (χ0v) is 18.3. The highest BCUT2D eigenvalue weighted by Crippen LogP contribution is 2.59. The number of aromatic nitrogens is 1. The molecule has 0 spiro atoms. The van der Waals surface area contributed by atoms with E-state index in [0.29, 0.717) is 10.6 Å². The number of thioether (sulfide) groups is 1. The highest BCUT2D eigenvalue weighted by molar-refractivity contribution is 7.98. The molecule has 1 aromatic carbocycles. The molecule has 0 aliphatic carbocycles. The molecule has 170 valence electrons. The number of aryl methyl sites for hydroxylation is 1. The molecule has 1 fully saturated rings. The van der Waals surface area contributed by atoms with Crippen molar-refractivity contribution in [3.63, 3.8) is 0 Å². The van der Waals surface area contributed by atoms with Gasteiger partial charge >= 0.3 is 6.18 Å². The maximum atomic E-state index is 14.4. The van der Waals surface area contributed by atoms with Crippen molar-refractivity contribution in [3.8, 4) is 5.75 Å². The molecule has 0 radical (unpaired) electrons. The molecule has 4 nitrogen and oxygen atoms in total. The van der Waals surface area contributed by atoms with E-state index < -0.39 is 47.1 Å².